The number of halogens is 3. The third-order valence-electron chi connectivity index (χ3n) is 14.8. The first-order chi connectivity index (χ1) is 30.8. The standard InChI is InChI=1S/C46H52ClF2N11O4/c1-56-34-9-5-28(19-32(34)38-39(43(56)63)64-25-46(48,49)40(53-38)27-3-4-27)51-41-33(47)23-50-44(54-41)60-13-11-45(12-14-60)21-26(22-45)24-58-15-17-59(18-16-58)29-6-7-30-35(20-29)57(2)55-37(30)31-8-10-36(61)52-42(31)62/h5-7,9,19-20,23,26-27,31,40,53H,3-4,8,10-18,21-22,24-25H2,1-2H3,(H,50,51,54)(H,52,61,62). The molecule has 7 heterocycles. The highest BCUT2D eigenvalue weighted by atomic mass is 35.5. The fourth-order valence-electron chi connectivity index (χ4n) is 11.1. The molecule has 0 bridgehead atoms. The molecule has 2 atom stereocenters. The average molecular weight is 896 g/mol. The van der Waals surface area contributed by atoms with Crippen LogP contribution in [0.5, 0.6) is 5.75 Å². The zero-order valence-electron chi connectivity index (χ0n) is 36.0. The van der Waals surface area contributed by atoms with Crippen LogP contribution in [0.25, 0.3) is 21.8 Å². The van der Waals surface area contributed by atoms with Crippen LogP contribution in [0.15, 0.2) is 47.4 Å². The number of hydrogen-bond acceptors (Lipinski definition) is 12. The van der Waals surface area contributed by atoms with E-state index in [4.69, 9.17) is 26.4 Å². The Balaban J connectivity index is 0.693. The van der Waals surface area contributed by atoms with E-state index in [9.17, 15) is 14.4 Å². The van der Waals surface area contributed by atoms with Gasteiger partial charge in [-0.15, -0.1) is 0 Å². The molecule has 18 heteroatoms. The maximum absolute atomic E-state index is 15.2. The first kappa shape index (κ1) is 41.2. The van der Waals surface area contributed by atoms with Crippen molar-refractivity contribution >= 4 is 74.0 Å². The molecule has 2 unspecified atom stereocenters. The van der Waals surface area contributed by atoms with Crippen LogP contribution in [0.2, 0.25) is 5.02 Å². The number of benzene rings is 2. The van der Waals surface area contributed by atoms with E-state index in [0.717, 1.165) is 80.9 Å². The second-order valence-corrected chi connectivity index (χ2v) is 19.5. The van der Waals surface area contributed by atoms with Gasteiger partial charge in [-0.2, -0.15) is 10.1 Å². The predicted octanol–water partition coefficient (Wildman–Crippen LogP) is 6.17. The number of imide groups is 1. The molecule has 64 heavy (non-hydrogen) atoms. The van der Waals surface area contributed by atoms with Gasteiger partial charge in [0.15, 0.2) is 12.4 Å². The van der Waals surface area contributed by atoms with Crippen LogP contribution in [-0.4, -0.2) is 105 Å². The number of hydrogen-bond donors (Lipinski definition) is 3. The Morgan fingerprint density at radius 3 is 2.45 bits per heavy atom. The fourth-order valence-corrected chi connectivity index (χ4v) is 11.3. The highest BCUT2D eigenvalue weighted by Crippen LogP contribution is 2.53. The van der Waals surface area contributed by atoms with Gasteiger partial charge < -0.3 is 29.7 Å². The summed E-state index contributed by atoms with van der Waals surface area (Å²) in [5.74, 6) is -2.57. The number of carbonyl (C=O) groups excluding carboxylic acids is 2. The number of alkyl halides is 2. The first-order valence-electron chi connectivity index (χ1n) is 22.6. The Labute approximate surface area is 373 Å². The van der Waals surface area contributed by atoms with Crippen molar-refractivity contribution in [1.82, 2.24) is 34.5 Å². The topological polar surface area (TPSA) is 155 Å². The summed E-state index contributed by atoms with van der Waals surface area (Å²) < 4.78 is 39.2. The van der Waals surface area contributed by atoms with E-state index in [-0.39, 0.29) is 29.2 Å². The lowest BCUT2D eigenvalue weighted by molar-refractivity contribution is -0.134. The van der Waals surface area contributed by atoms with E-state index in [1.807, 2.05) is 23.9 Å². The number of amides is 2. The van der Waals surface area contributed by atoms with Crippen molar-refractivity contribution < 1.29 is 23.1 Å². The minimum Gasteiger partial charge on any atom is -0.480 e. The van der Waals surface area contributed by atoms with Crippen molar-refractivity contribution in [2.45, 2.75) is 69.2 Å². The molecule has 2 aromatic carbocycles. The minimum absolute atomic E-state index is 0.0985. The molecule has 6 aliphatic rings. The van der Waals surface area contributed by atoms with Crippen LogP contribution in [0, 0.1) is 17.3 Å². The summed E-state index contributed by atoms with van der Waals surface area (Å²) >= 11 is 6.65. The Morgan fingerprint density at radius 2 is 1.70 bits per heavy atom. The molecule has 5 aromatic rings. The summed E-state index contributed by atoms with van der Waals surface area (Å²) in [6.07, 6.45) is 8.47. The zero-order chi connectivity index (χ0) is 44.1. The number of carbonyl (C=O) groups is 2. The van der Waals surface area contributed by atoms with Crippen LogP contribution >= 0.6 is 11.6 Å². The lowest BCUT2D eigenvalue weighted by atomic mass is 9.57. The van der Waals surface area contributed by atoms with Gasteiger partial charge in [-0.1, -0.05) is 11.6 Å². The van der Waals surface area contributed by atoms with Gasteiger partial charge in [0.2, 0.25) is 23.5 Å². The summed E-state index contributed by atoms with van der Waals surface area (Å²) in [5.41, 5.74) is 4.28. The smallest absolute Gasteiger partial charge is 0.301 e. The Hall–Kier alpha value is -5.55. The van der Waals surface area contributed by atoms with Crippen molar-refractivity contribution in [3.63, 3.8) is 0 Å². The van der Waals surface area contributed by atoms with Crippen LogP contribution in [-0.2, 0) is 23.7 Å². The second-order valence-electron chi connectivity index (χ2n) is 19.1. The molecular weight excluding hydrogens is 844 g/mol. The predicted molar refractivity (Wildman–Crippen MR) is 241 cm³/mol. The molecule has 2 saturated carbocycles. The summed E-state index contributed by atoms with van der Waals surface area (Å²) in [6.45, 7) is 5.91. The van der Waals surface area contributed by atoms with Gasteiger partial charge in [0, 0.05) is 88.5 Å². The van der Waals surface area contributed by atoms with Crippen molar-refractivity contribution in [2.24, 2.45) is 31.3 Å². The molecule has 0 radical (unpaired) electrons. The molecular formula is C46H52ClF2N11O4. The lowest BCUT2D eigenvalue weighted by Crippen LogP contribution is -2.53. The maximum Gasteiger partial charge on any atom is 0.301 e. The van der Waals surface area contributed by atoms with Crippen LogP contribution < -0.4 is 36.0 Å². The summed E-state index contributed by atoms with van der Waals surface area (Å²) in [7, 11) is 3.53. The highest BCUT2D eigenvalue weighted by Gasteiger charge is 2.51. The van der Waals surface area contributed by atoms with Gasteiger partial charge in [-0.25, -0.2) is 13.8 Å². The minimum atomic E-state index is -3.12. The maximum atomic E-state index is 15.2. The van der Waals surface area contributed by atoms with Crippen molar-refractivity contribution in [2.75, 3.05) is 72.9 Å². The fraction of sp³-hybridized carbons (Fsp3) is 0.522. The number of anilines is 5. The van der Waals surface area contributed by atoms with E-state index in [1.54, 1.807) is 19.3 Å². The zero-order valence-corrected chi connectivity index (χ0v) is 36.8. The van der Waals surface area contributed by atoms with E-state index >= 15 is 8.78 Å². The summed E-state index contributed by atoms with van der Waals surface area (Å²) in [5, 5.41) is 15.5. The lowest BCUT2D eigenvalue weighted by Gasteiger charge is -2.53. The molecule has 3 aromatic heterocycles. The van der Waals surface area contributed by atoms with Gasteiger partial charge >= 0.3 is 5.92 Å². The number of rotatable bonds is 8. The molecule has 2 aliphatic carbocycles. The van der Waals surface area contributed by atoms with Crippen molar-refractivity contribution in [3.8, 4) is 5.75 Å². The van der Waals surface area contributed by atoms with Gasteiger partial charge in [0.05, 0.1) is 40.6 Å². The Kier molecular flexibility index (Phi) is 10.0. The first-order valence-corrected chi connectivity index (χ1v) is 23.0. The molecule has 4 aliphatic heterocycles. The van der Waals surface area contributed by atoms with E-state index in [0.29, 0.717) is 70.4 Å². The third kappa shape index (κ3) is 7.37. The molecule has 3 N–H and O–H groups in total. The quantitative estimate of drug-likeness (QED) is 0.153. The number of nitrogens with zero attached hydrogens (tertiary/aromatic N) is 8. The molecule has 3 saturated heterocycles. The van der Waals surface area contributed by atoms with E-state index in [1.165, 1.54) is 17.4 Å². The summed E-state index contributed by atoms with van der Waals surface area (Å²) in [4.78, 5) is 54.3. The summed E-state index contributed by atoms with van der Waals surface area (Å²) in [6, 6.07) is 10.7. The third-order valence-corrected chi connectivity index (χ3v) is 15.1. The normalized spacial score (nSPS) is 23.6. The van der Waals surface area contributed by atoms with Crippen molar-refractivity contribution in [3.05, 3.63) is 63.7 Å². The van der Waals surface area contributed by atoms with Crippen molar-refractivity contribution in [1.29, 1.82) is 0 Å². The number of ether oxygens (including phenoxy) is 1. The number of pyridine rings is 1. The molecule has 5 fully saturated rings. The van der Waals surface area contributed by atoms with Crippen LogP contribution in [0.3, 0.4) is 0 Å². The largest absolute Gasteiger partial charge is 0.480 e. The molecule has 11 rings (SSSR count). The number of nitrogens with one attached hydrogen (secondary N) is 3. The molecule has 2 amide bonds. The van der Waals surface area contributed by atoms with Crippen LogP contribution in [0.4, 0.5) is 37.6 Å². The highest BCUT2D eigenvalue weighted by molar-refractivity contribution is 6.33. The number of aryl methyl sites for hydroxylation is 2. The molecule has 1 spiro atoms. The van der Waals surface area contributed by atoms with Gasteiger partial charge in [0.1, 0.15) is 5.02 Å². The molecule has 336 valence electrons. The van der Waals surface area contributed by atoms with E-state index in [2.05, 4.69) is 53.8 Å². The monoisotopic (exact) mass is 895 g/mol. The SMILES string of the molecule is Cn1nc(C2CCC(=O)NC2=O)c2ccc(N3CCN(CC4CC5(CCN(c6ncc(Cl)c(Nc7ccc8c(c7)c7c(c(=O)n8C)OCC(F)(F)C(C8CC8)N7)n6)CC5)C4)CC3)cc21. The molecule has 15 nitrogen and oxygen atoms in total. The average Bonchev–Trinajstić information content (AvgIpc) is 4.08. The Morgan fingerprint density at radius 1 is 0.922 bits per heavy atom. The van der Waals surface area contributed by atoms with Crippen LogP contribution in [0.1, 0.15) is 63.0 Å². The number of aromatic nitrogens is 5. The van der Waals surface area contributed by atoms with Gasteiger partial charge in [0.25, 0.3) is 5.56 Å². The van der Waals surface area contributed by atoms with Gasteiger partial charge in [-0.05, 0) is 98.6 Å². The number of piperazine rings is 1. The second kappa shape index (κ2) is 15.6. The Bertz CT molecular complexity index is 2750. The van der Waals surface area contributed by atoms with Gasteiger partial charge in [-0.3, -0.25) is 29.3 Å². The number of fused-ring (bicyclic) bond motifs is 4. The van der Waals surface area contributed by atoms with E-state index < -0.39 is 30.0 Å². The number of piperidine rings is 2.